The molecule has 1 rings (SSSR count). The second-order valence-electron chi connectivity index (χ2n) is 7.75. The van der Waals surface area contributed by atoms with Gasteiger partial charge in [0.2, 0.25) is 0 Å². The predicted molar refractivity (Wildman–Crippen MR) is 105 cm³/mol. The number of aliphatic hydroxyl groups is 1. The average molecular weight is 458 g/mol. The molecule has 1 aromatic rings. The summed E-state index contributed by atoms with van der Waals surface area (Å²) in [6, 6.07) is 1.54. The van der Waals surface area contributed by atoms with Crippen molar-refractivity contribution in [3.63, 3.8) is 0 Å². The molecular formula is C22H32F6O3. The maximum atomic E-state index is 13.1. The number of rotatable bonds is 13. The normalized spacial score (nSPS) is 14.1. The highest BCUT2D eigenvalue weighted by Gasteiger charge is 2.39. The van der Waals surface area contributed by atoms with Gasteiger partial charge < -0.3 is 14.6 Å². The molecule has 1 N–H and O–H groups in total. The van der Waals surface area contributed by atoms with Crippen LogP contribution in [0.1, 0.15) is 75.0 Å². The molecule has 0 amide bonds. The van der Waals surface area contributed by atoms with Crippen LogP contribution in [-0.2, 0) is 28.2 Å². The standard InChI is InChI=1S/C22H32F6O3/c1-4-5-6-7-8-9-10-17(22(29,30-2)31-3)12-11-16-13-18(20(23,24)25)15-19(14-16)21(26,27)28/h13-15,17,29H,4-12H2,1-3H3. The van der Waals surface area contributed by atoms with Gasteiger partial charge in [0.25, 0.3) is 5.97 Å². The lowest BCUT2D eigenvalue weighted by Gasteiger charge is -2.33. The van der Waals surface area contributed by atoms with Crippen molar-refractivity contribution in [2.75, 3.05) is 14.2 Å². The van der Waals surface area contributed by atoms with Crippen molar-refractivity contribution in [1.82, 2.24) is 0 Å². The van der Waals surface area contributed by atoms with Crippen molar-refractivity contribution in [1.29, 1.82) is 0 Å². The SMILES string of the molecule is CCCCCCCCC(CCc1cc(C(F)(F)F)cc(C(F)(F)F)c1)C(O)(OC)OC. The Morgan fingerprint density at radius 2 is 1.26 bits per heavy atom. The molecule has 0 saturated carbocycles. The van der Waals surface area contributed by atoms with Crippen LogP contribution in [-0.4, -0.2) is 25.3 Å². The Morgan fingerprint density at radius 3 is 1.71 bits per heavy atom. The fourth-order valence-electron chi connectivity index (χ4n) is 3.60. The highest BCUT2D eigenvalue weighted by molar-refractivity contribution is 5.33. The van der Waals surface area contributed by atoms with E-state index in [1.54, 1.807) is 0 Å². The number of unbranched alkanes of at least 4 members (excludes halogenated alkanes) is 5. The van der Waals surface area contributed by atoms with E-state index in [2.05, 4.69) is 6.92 Å². The van der Waals surface area contributed by atoms with Crippen LogP contribution in [0.5, 0.6) is 0 Å². The van der Waals surface area contributed by atoms with Crippen LogP contribution in [0.4, 0.5) is 26.3 Å². The van der Waals surface area contributed by atoms with Gasteiger partial charge in [-0.05, 0) is 43.0 Å². The molecule has 9 heteroatoms. The average Bonchev–Trinajstić information content (AvgIpc) is 2.70. The largest absolute Gasteiger partial charge is 0.416 e. The van der Waals surface area contributed by atoms with Gasteiger partial charge in [0.15, 0.2) is 0 Å². The van der Waals surface area contributed by atoms with Crippen molar-refractivity contribution in [3.8, 4) is 0 Å². The minimum atomic E-state index is -4.90. The van der Waals surface area contributed by atoms with Crippen molar-refractivity contribution < 1.29 is 40.9 Å². The molecule has 0 radical (unpaired) electrons. The lowest BCUT2D eigenvalue weighted by Crippen LogP contribution is -2.42. The van der Waals surface area contributed by atoms with Crippen LogP contribution in [0.25, 0.3) is 0 Å². The van der Waals surface area contributed by atoms with E-state index in [9.17, 15) is 31.4 Å². The van der Waals surface area contributed by atoms with Crippen LogP contribution in [0, 0.1) is 5.92 Å². The summed E-state index contributed by atoms with van der Waals surface area (Å²) in [7, 11) is 2.48. The van der Waals surface area contributed by atoms with Crippen LogP contribution < -0.4 is 0 Å². The lowest BCUT2D eigenvalue weighted by atomic mass is 9.90. The summed E-state index contributed by atoms with van der Waals surface area (Å²) in [5, 5.41) is 10.6. The first-order valence-electron chi connectivity index (χ1n) is 10.5. The molecule has 0 aliphatic heterocycles. The molecule has 1 aromatic carbocycles. The van der Waals surface area contributed by atoms with Crippen molar-refractivity contribution in [2.45, 2.75) is 83.0 Å². The Bertz CT molecular complexity index is 621. The van der Waals surface area contributed by atoms with E-state index in [1.165, 1.54) is 14.2 Å². The quantitative estimate of drug-likeness (QED) is 0.197. The van der Waals surface area contributed by atoms with Crippen LogP contribution >= 0.6 is 0 Å². The maximum absolute atomic E-state index is 13.1. The maximum Gasteiger partial charge on any atom is 0.416 e. The summed E-state index contributed by atoms with van der Waals surface area (Å²) in [4.78, 5) is 0. The van der Waals surface area contributed by atoms with Gasteiger partial charge in [0.1, 0.15) is 0 Å². The minimum Gasteiger partial charge on any atom is -0.343 e. The Balaban J connectivity index is 2.97. The van der Waals surface area contributed by atoms with E-state index in [0.717, 1.165) is 50.7 Å². The Labute approximate surface area is 179 Å². The number of benzene rings is 1. The van der Waals surface area contributed by atoms with Gasteiger partial charge in [0, 0.05) is 20.1 Å². The molecule has 0 spiro atoms. The molecule has 0 aliphatic carbocycles. The molecule has 0 aliphatic rings. The molecule has 1 unspecified atom stereocenters. The number of hydrogen-bond donors (Lipinski definition) is 1. The summed E-state index contributed by atoms with van der Waals surface area (Å²) in [5.74, 6) is -2.57. The first-order chi connectivity index (χ1) is 14.4. The van der Waals surface area contributed by atoms with Gasteiger partial charge in [-0.1, -0.05) is 45.4 Å². The van der Waals surface area contributed by atoms with Crippen LogP contribution in [0.15, 0.2) is 18.2 Å². The topological polar surface area (TPSA) is 38.7 Å². The molecule has 0 fully saturated rings. The monoisotopic (exact) mass is 458 g/mol. The number of ether oxygens (including phenoxy) is 2. The third-order valence-electron chi connectivity index (χ3n) is 5.44. The molecule has 3 nitrogen and oxygen atoms in total. The number of methoxy groups -OCH3 is 2. The first kappa shape index (κ1) is 27.7. The van der Waals surface area contributed by atoms with Gasteiger partial charge in [-0.25, -0.2) is 0 Å². The number of aryl methyl sites for hydroxylation is 1. The summed E-state index contributed by atoms with van der Waals surface area (Å²) in [6.45, 7) is 2.10. The smallest absolute Gasteiger partial charge is 0.343 e. The van der Waals surface area contributed by atoms with E-state index in [1.807, 2.05) is 0 Å². The number of hydrogen-bond acceptors (Lipinski definition) is 3. The first-order valence-corrected chi connectivity index (χ1v) is 10.5. The molecular weight excluding hydrogens is 426 g/mol. The number of halogens is 6. The summed E-state index contributed by atoms with van der Waals surface area (Å²) < 4.78 is 88.6. The van der Waals surface area contributed by atoms with Gasteiger partial charge in [-0.3, -0.25) is 0 Å². The number of alkyl halides is 6. The predicted octanol–water partition coefficient (Wildman–Crippen LogP) is 6.96. The van der Waals surface area contributed by atoms with E-state index in [0.29, 0.717) is 6.42 Å². The summed E-state index contributed by atoms with van der Waals surface area (Å²) in [5.41, 5.74) is -2.80. The molecule has 31 heavy (non-hydrogen) atoms. The fourth-order valence-corrected chi connectivity index (χ4v) is 3.60. The second kappa shape index (κ2) is 12.1. The zero-order valence-corrected chi connectivity index (χ0v) is 18.2. The Kier molecular flexibility index (Phi) is 10.8. The van der Waals surface area contributed by atoms with Gasteiger partial charge in [-0.2, -0.15) is 26.3 Å². The minimum absolute atomic E-state index is 0.0947. The van der Waals surface area contributed by atoms with Crippen molar-refractivity contribution >= 4 is 0 Å². The zero-order valence-electron chi connectivity index (χ0n) is 18.2. The van der Waals surface area contributed by atoms with Crippen LogP contribution in [0.3, 0.4) is 0 Å². The lowest BCUT2D eigenvalue weighted by molar-refractivity contribution is -0.369. The van der Waals surface area contributed by atoms with E-state index in [-0.39, 0.29) is 24.5 Å². The molecule has 180 valence electrons. The third-order valence-corrected chi connectivity index (χ3v) is 5.44. The van der Waals surface area contributed by atoms with E-state index >= 15 is 0 Å². The Morgan fingerprint density at radius 1 is 0.774 bits per heavy atom. The highest BCUT2D eigenvalue weighted by atomic mass is 19.4. The molecule has 0 aromatic heterocycles. The van der Waals surface area contributed by atoms with Gasteiger partial charge in [0.05, 0.1) is 11.1 Å². The van der Waals surface area contributed by atoms with Gasteiger partial charge >= 0.3 is 12.4 Å². The summed E-state index contributed by atoms with van der Waals surface area (Å²) in [6.07, 6.45) is -3.34. The van der Waals surface area contributed by atoms with E-state index in [4.69, 9.17) is 9.47 Å². The van der Waals surface area contributed by atoms with Crippen molar-refractivity contribution in [2.24, 2.45) is 5.92 Å². The Hall–Kier alpha value is -1.32. The second-order valence-corrected chi connectivity index (χ2v) is 7.75. The fraction of sp³-hybridized carbons (Fsp3) is 0.727. The van der Waals surface area contributed by atoms with Gasteiger partial charge in [-0.15, -0.1) is 0 Å². The molecule has 0 saturated heterocycles. The zero-order chi connectivity index (χ0) is 23.7. The highest BCUT2D eigenvalue weighted by Crippen LogP contribution is 2.37. The molecule has 0 heterocycles. The van der Waals surface area contributed by atoms with Crippen LogP contribution in [0.2, 0.25) is 0 Å². The van der Waals surface area contributed by atoms with Crippen molar-refractivity contribution in [3.05, 3.63) is 34.9 Å². The third kappa shape index (κ3) is 8.98. The van der Waals surface area contributed by atoms with E-state index < -0.39 is 35.4 Å². The molecule has 0 bridgehead atoms. The summed E-state index contributed by atoms with van der Waals surface area (Å²) >= 11 is 0. The molecule has 1 atom stereocenters.